The van der Waals surface area contributed by atoms with Crippen LogP contribution in [0.5, 0.6) is 5.75 Å². The van der Waals surface area contributed by atoms with E-state index >= 15 is 0 Å². The quantitative estimate of drug-likeness (QED) is 0.451. The van der Waals surface area contributed by atoms with Gasteiger partial charge in [-0.05, 0) is 56.0 Å². The monoisotopic (exact) mass is 422 g/mol. The van der Waals surface area contributed by atoms with Crippen LogP contribution in [0.1, 0.15) is 51.6 Å². The lowest BCUT2D eigenvalue weighted by atomic mass is 10.1. The highest BCUT2D eigenvalue weighted by atomic mass is 32.1. The van der Waals surface area contributed by atoms with Gasteiger partial charge >= 0.3 is 0 Å². The maximum atomic E-state index is 13.1. The SMILES string of the molecule is Cc1cccc(C(=O)N(Cc2csc(COc3cccc(C)c3C)n2)CC(C)C)c1. The molecule has 0 unspecified atom stereocenters. The van der Waals surface area contributed by atoms with Crippen molar-refractivity contribution < 1.29 is 9.53 Å². The average molecular weight is 423 g/mol. The molecule has 0 N–H and O–H groups in total. The second-order valence-corrected chi connectivity index (χ2v) is 9.11. The number of benzene rings is 2. The summed E-state index contributed by atoms with van der Waals surface area (Å²) in [6.45, 7) is 12.0. The summed E-state index contributed by atoms with van der Waals surface area (Å²) in [5.74, 6) is 1.32. The summed E-state index contributed by atoms with van der Waals surface area (Å²) in [5, 5.41) is 2.94. The van der Waals surface area contributed by atoms with Crippen LogP contribution in [0.15, 0.2) is 47.8 Å². The van der Waals surface area contributed by atoms with E-state index in [0.717, 1.165) is 33.1 Å². The summed E-state index contributed by atoms with van der Waals surface area (Å²) in [4.78, 5) is 19.7. The normalized spacial score (nSPS) is 11.0. The van der Waals surface area contributed by atoms with E-state index in [1.165, 1.54) is 5.56 Å². The minimum atomic E-state index is 0.0496. The number of nitrogens with zero attached hydrogens (tertiary/aromatic N) is 2. The number of aromatic nitrogens is 1. The van der Waals surface area contributed by atoms with E-state index in [4.69, 9.17) is 9.72 Å². The highest BCUT2D eigenvalue weighted by molar-refractivity contribution is 7.09. The summed E-state index contributed by atoms with van der Waals surface area (Å²) in [5.41, 5.74) is 5.09. The highest BCUT2D eigenvalue weighted by Crippen LogP contribution is 2.23. The van der Waals surface area contributed by atoms with Gasteiger partial charge in [0.05, 0.1) is 12.2 Å². The molecule has 1 amide bonds. The van der Waals surface area contributed by atoms with Gasteiger partial charge in [-0.1, -0.05) is 43.7 Å². The number of amides is 1. The van der Waals surface area contributed by atoms with Gasteiger partial charge in [-0.3, -0.25) is 4.79 Å². The molecule has 0 saturated heterocycles. The molecular formula is C25H30N2O2S. The molecule has 30 heavy (non-hydrogen) atoms. The van der Waals surface area contributed by atoms with Crippen LogP contribution in [0.2, 0.25) is 0 Å². The molecule has 0 aliphatic carbocycles. The number of aryl methyl sites for hydroxylation is 2. The summed E-state index contributed by atoms with van der Waals surface area (Å²) >= 11 is 1.58. The smallest absolute Gasteiger partial charge is 0.254 e. The Labute approximate surface area is 183 Å². The summed E-state index contributed by atoms with van der Waals surface area (Å²) in [6.07, 6.45) is 0. The van der Waals surface area contributed by atoms with Crippen molar-refractivity contribution in [2.24, 2.45) is 5.92 Å². The van der Waals surface area contributed by atoms with Gasteiger partial charge in [0.25, 0.3) is 5.91 Å². The lowest BCUT2D eigenvalue weighted by Gasteiger charge is -2.24. The van der Waals surface area contributed by atoms with Crippen molar-refractivity contribution in [2.45, 2.75) is 47.8 Å². The van der Waals surface area contributed by atoms with Crippen molar-refractivity contribution in [3.05, 3.63) is 80.8 Å². The number of hydrogen-bond acceptors (Lipinski definition) is 4. The Bertz CT molecular complexity index is 1010. The van der Waals surface area contributed by atoms with E-state index < -0.39 is 0 Å². The molecule has 0 bridgehead atoms. The van der Waals surface area contributed by atoms with Crippen molar-refractivity contribution in [1.82, 2.24) is 9.88 Å². The van der Waals surface area contributed by atoms with Crippen LogP contribution in [0, 0.1) is 26.7 Å². The molecule has 3 aromatic rings. The average Bonchev–Trinajstić information content (AvgIpc) is 3.15. The second kappa shape index (κ2) is 9.90. The predicted molar refractivity (Wildman–Crippen MR) is 123 cm³/mol. The van der Waals surface area contributed by atoms with Crippen molar-refractivity contribution >= 4 is 17.2 Å². The Balaban J connectivity index is 1.69. The zero-order valence-corrected chi connectivity index (χ0v) is 19.3. The molecule has 0 radical (unpaired) electrons. The van der Waals surface area contributed by atoms with Gasteiger partial charge in [-0.15, -0.1) is 11.3 Å². The fourth-order valence-electron chi connectivity index (χ4n) is 3.32. The topological polar surface area (TPSA) is 42.4 Å². The second-order valence-electron chi connectivity index (χ2n) is 8.17. The van der Waals surface area contributed by atoms with Gasteiger partial charge < -0.3 is 9.64 Å². The molecule has 4 nitrogen and oxygen atoms in total. The van der Waals surface area contributed by atoms with Crippen LogP contribution in [-0.2, 0) is 13.2 Å². The minimum Gasteiger partial charge on any atom is -0.486 e. The van der Waals surface area contributed by atoms with Crippen molar-refractivity contribution in [2.75, 3.05) is 6.54 Å². The molecule has 3 rings (SSSR count). The molecule has 0 atom stereocenters. The van der Waals surface area contributed by atoms with Gasteiger partial charge in [0.2, 0.25) is 0 Å². The van der Waals surface area contributed by atoms with Crippen molar-refractivity contribution in [3.8, 4) is 5.75 Å². The first kappa shape index (κ1) is 22.0. The molecule has 158 valence electrons. The van der Waals surface area contributed by atoms with Crippen LogP contribution in [-0.4, -0.2) is 22.3 Å². The van der Waals surface area contributed by atoms with Gasteiger partial charge in [0.1, 0.15) is 17.4 Å². The Hall–Kier alpha value is -2.66. The molecule has 0 aliphatic heterocycles. The van der Waals surface area contributed by atoms with Gasteiger partial charge in [0.15, 0.2) is 0 Å². The molecule has 0 fully saturated rings. The zero-order chi connectivity index (χ0) is 21.7. The molecule has 0 spiro atoms. The van der Waals surface area contributed by atoms with Crippen LogP contribution in [0.3, 0.4) is 0 Å². The van der Waals surface area contributed by atoms with Crippen molar-refractivity contribution in [1.29, 1.82) is 0 Å². The van der Waals surface area contributed by atoms with E-state index in [1.54, 1.807) is 11.3 Å². The largest absolute Gasteiger partial charge is 0.486 e. The first-order valence-electron chi connectivity index (χ1n) is 10.3. The standard InChI is InChI=1S/C25H30N2O2S/c1-17(2)13-27(25(28)21-10-6-8-18(3)12-21)14-22-16-30-24(26-22)15-29-23-11-7-9-19(4)20(23)5/h6-12,16-17H,13-15H2,1-5H3. The molecule has 0 saturated carbocycles. The molecular weight excluding hydrogens is 392 g/mol. The molecule has 2 aromatic carbocycles. The van der Waals surface area contributed by atoms with E-state index in [9.17, 15) is 4.79 Å². The van der Waals surface area contributed by atoms with E-state index in [-0.39, 0.29) is 5.91 Å². The minimum absolute atomic E-state index is 0.0496. The third-order valence-corrected chi connectivity index (χ3v) is 5.87. The van der Waals surface area contributed by atoms with E-state index in [2.05, 4.69) is 33.8 Å². The Morgan fingerprint density at radius 3 is 2.63 bits per heavy atom. The molecule has 0 aliphatic rings. The third-order valence-electron chi connectivity index (χ3n) is 5.00. The Morgan fingerprint density at radius 2 is 1.90 bits per heavy atom. The van der Waals surface area contributed by atoms with Crippen LogP contribution in [0.4, 0.5) is 0 Å². The van der Waals surface area contributed by atoms with E-state index in [0.29, 0.717) is 25.6 Å². The Morgan fingerprint density at radius 1 is 1.13 bits per heavy atom. The first-order valence-corrected chi connectivity index (χ1v) is 11.2. The molecule has 5 heteroatoms. The fraction of sp³-hybridized carbons (Fsp3) is 0.360. The maximum Gasteiger partial charge on any atom is 0.254 e. The summed E-state index contributed by atoms with van der Waals surface area (Å²) < 4.78 is 5.98. The van der Waals surface area contributed by atoms with Crippen LogP contribution in [0.25, 0.3) is 0 Å². The molecule has 1 heterocycles. The summed E-state index contributed by atoms with van der Waals surface area (Å²) in [7, 11) is 0. The van der Waals surface area contributed by atoms with Crippen LogP contribution < -0.4 is 4.74 Å². The number of carbonyl (C=O) groups is 1. The zero-order valence-electron chi connectivity index (χ0n) is 18.4. The maximum absolute atomic E-state index is 13.1. The van der Waals surface area contributed by atoms with Crippen molar-refractivity contribution in [3.63, 3.8) is 0 Å². The number of rotatable bonds is 8. The van der Waals surface area contributed by atoms with Gasteiger partial charge in [-0.25, -0.2) is 4.98 Å². The van der Waals surface area contributed by atoms with E-state index in [1.807, 2.05) is 53.6 Å². The number of hydrogen-bond donors (Lipinski definition) is 0. The Kier molecular flexibility index (Phi) is 7.27. The number of carbonyl (C=O) groups excluding carboxylic acids is 1. The number of thiazole rings is 1. The van der Waals surface area contributed by atoms with Gasteiger partial charge in [-0.2, -0.15) is 0 Å². The fourth-order valence-corrected chi connectivity index (χ4v) is 4.02. The lowest BCUT2D eigenvalue weighted by Crippen LogP contribution is -2.34. The highest BCUT2D eigenvalue weighted by Gasteiger charge is 2.19. The van der Waals surface area contributed by atoms with Crippen LogP contribution >= 0.6 is 11.3 Å². The number of ether oxygens (including phenoxy) is 1. The summed E-state index contributed by atoms with van der Waals surface area (Å²) in [6, 6.07) is 13.8. The molecule has 1 aromatic heterocycles. The first-order chi connectivity index (χ1) is 14.3. The third kappa shape index (κ3) is 5.70. The van der Waals surface area contributed by atoms with Gasteiger partial charge in [0, 0.05) is 17.5 Å². The lowest BCUT2D eigenvalue weighted by molar-refractivity contribution is 0.0720. The predicted octanol–water partition coefficient (Wildman–Crippen LogP) is 5.95.